The molecule has 1 nitrogen and oxygen atoms in total. The maximum absolute atomic E-state index is 8.84. The molecule has 11 heavy (non-hydrogen) atoms. The fourth-order valence-corrected chi connectivity index (χ4v) is 1.44. The third kappa shape index (κ3) is 2.73. The van der Waals surface area contributed by atoms with Crippen LogP contribution in [0.1, 0.15) is 5.56 Å². The Morgan fingerprint density at radius 2 is 2.00 bits per heavy atom. The summed E-state index contributed by atoms with van der Waals surface area (Å²) in [5.74, 6) is 0. The fourth-order valence-electron chi connectivity index (χ4n) is 0.834. The Labute approximate surface area is 77.2 Å². The summed E-state index contributed by atoms with van der Waals surface area (Å²) < 4.78 is 0. The van der Waals surface area contributed by atoms with Gasteiger partial charge in [-0.1, -0.05) is 18.2 Å². The molecule has 0 saturated carbocycles. The molecule has 62 valence electrons. The molecule has 0 saturated heterocycles. The fraction of sp³-hybridized carbons (Fsp3) is 0.250. The Morgan fingerprint density at radius 3 is 2.45 bits per heavy atom. The van der Waals surface area contributed by atoms with Crippen molar-refractivity contribution in [2.45, 2.75) is 11.5 Å². The van der Waals surface area contributed by atoms with Gasteiger partial charge in [-0.25, -0.2) is 0 Å². The van der Waals surface area contributed by atoms with Crippen molar-refractivity contribution in [3.8, 4) is 0 Å². The number of aliphatic hydroxyl groups is 1. The van der Waals surface area contributed by atoms with Gasteiger partial charge >= 0.3 is 0 Å². The molecule has 0 atom stereocenters. The highest BCUT2D eigenvalue weighted by Crippen LogP contribution is 2.18. The van der Waals surface area contributed by atoms with Crippen LogP contribution in [0.3, 0.4) is 0 Å². The van der Waals surface area contributed by atoms with Crippen molar-refractivity contribution in [1.29, 1.82) is 0 Å². The highest BCUT2D eigenvalue weighted by atomic mass is 35.5. The Hall–Kier alpha value is -0.180. The average molecular weight is 191 g/mol. The first-order valence-corrected chi connectivity index (χ1v) is 4.33. The van der Waals surface area contributed by atoms with Gasteiger partial charge in [-0.15, -0.1) is 24.2 Å². The lowest BCUT2D eigenvalue weighted by atomic mass is 10.2. The molecule has 3 heteroatoms. The van der Waals surface area contributed by atoms with Crippen molar-refractivity contribution in [2.24, 2.45) is 0 Å². The van der Waals surface area contributed by atoms with Crippen LogP contribution in [0, 0.1) is 0 Å². The van der Waals surface area contributed by atoms with Crippen LogP contribution < -0.4 is 0 Å². The second-order valence-electron chi connectivity index (χ2n) is 1.97. The SMILES string of the molecule is CSc1ccccc1CO.Cl. The lowest BCUT2D eigenvalue weighted by Gasteiger charge is -2.01. The van der Waals surface area contributed by atoms with Gasteiger partial charge in [0.05, 0.1) is 6.61 Å². The third-order valence-electron chi connectivity index (χ3n) is 1.36. The van der Waals surface area contributed by atoms with Crippen LogP contribution in [0.25, 0.3) is 0 Å². The highest BCUT2D eigenvalue weighted by molar-refractivity contribution is 7.98. The Balaban J connectivity index is 0.000001000. The van der Waals surface area contributed by atoms with Crippen molar-refractivity contribution in [1.82, 2.24) is 0 Å². The van der Waals surface area contributed by atoms with Crippen LogP contribution in [-0.2, 0) is 6.61 Å². The van der Waals surface area contributed by atoms with Crippen molar-refractivity contribution >= 4 is 24.2 Å². The number of hydrogen-bond acceptors (Lipinski definition) is 2. The Morgan fingerprint density at radius 1 is 1.36 bits per heavy atom. The second kappa shape index (κ2) is 5.47. The van der Waals surface area contributed by atoms with E-state index in [-0.39, 0.29) is 19.0 Å². The molecule has 0 radical (unpaired) electrons. The number of thioether (sulfide) groups is 1. The van der Waals surface area contributed by atoms with E-state index in [0.717, 1.165) is 10.5 Å². The monoisotopic (exact) mass is 190 g/mol. The number of rotatable bonds is 2. The molecule has 0 fully saturated rings. The lowest BCUT2D eigenvalue weighted by Crippen LogP contribution is -1.84. The van der Waals surface area contributed by atoms with Gasteiger partial charge in [-0.2, -0.15) is 0 Å². The minimum absolute atomic E-state index is 0. The number of halogens is 1. The predicted molar refractivity (Wildman–Crippen MR) is 51.4 cm³/mol. The first-order chi connectivity index (χ1) is 4.88. The molecule has 0 aromatic heterocycles. The molecule has 0 spiro atoms. The standard InChI is InChI=1S/C8H10OS.ClH/c1-10-8-5-3-2-4-7(8)6-9;/h2-5,9H,6H2,1H3;1H. The zero-order chi connectivity index (χ0) is 7.40. The molecule has 0 amide bonds. The molecule has 0 unspecified atom stereocenters. The molecule has 0 heterocycles. The second-order valence-corrected chi connectivity index (χ2v) is 2.82. The van der Waals surface area contributed by atoms with E-state index in [1.165, 1.54) is 0 Å². The van der Waals surface area contributed by atoms with Gasteiger partial charge < -0.3 is 5.11 Å². The van der Waals surface area contributed by atoms with Crippen LogP contribution in [0.15, 0.2) is 29.2 Å². The normalized spacial score (nSPS) is 8.91. The predicted octanol–water partition coefficient (Wildman–Crippen LogP) is 2.32. The minimum atomic E-state index is 0. The van der Waals surface area contributed by atoms with Crippen molar-refractivity contribution in [3.63, 3.8) is 0 Å². The van der Waals surface area contributed by atoms with E-state index in [9.17, 15) is 0 Å². The molecule has 0 aliphatic heterocycles. The van der Waals surface area contributed by atoms with Crippen LogP contribution in [0.5, 0.6) is 0 Å². The number of aliphatic hydroxyl groups excluding tert-OH is 1. The third-order valence-corrected chi connectivity index (χ3v) is 2.20. The van der Waals surface area contributed by atoms with E-state index >= 15 is 0 Å². The van der Waals surface area contributed by atoms with Crippen LogP contribution in [0.2, 0.25) is 0 Å². The summed E-state index contributed by atoms with van der Waals surface area (Å²) in [6.45, 7) is 0.136. The summed E-state index contributed by atoms with van der Waals surface area (Å²) in [5.41, 5.74) is 1.01. The summed E-state index contributed by atoms with van der Waals surface area (Å²) in [7, 11) is 0. The van der Waals surface area contributed by atoms with Gasteiger partial charge in [0.15, 0.2) is 0 Å². The average Bonchev–Trinajstić information content (AvgIpc) is 2.04. The summed E-state index contributed by atoms with van der Waals surface area (Å²) in [6.07, 6.45) is 2.01. The van der Waals surface area contributed by atoms with E-state index in [1.54, 1.807) is 11.8 Å². The minimum Gasteiger partial charge on any atom is -0.392 e. The topological polar surface area (TPSA) is 20.2 Å². The molecule has 0 bridgehead atoms. The first-order valence-electron chi connectivity index (χ1n) is 3.11. The molecular formula is C8H11ClOS. The highest BCUT2D eigenvalue weighted by Gasteiger charge is 1.95. The summed E-state index contributed by atoms with van der Waals surface area (Å²) in [4.78, 5) is 1.16. The summed E-state index contributed by atoms with van der Waals surface area (Å²) >= 11 is 1.66. The largest absolute Gasteiger partial charge is 0.392 e. The number of hydrogen-bond donors (Lipinski definition) is 1. The molecule has 1 aromatic rings. The van der Waals surface area contributed by atoms with E-state index in [0.29, 0.717) is 0 Å². The van der Waals surface area contributed by atoms with Crippen LogP contribution in [0.4, 0.5) is 0 Å². The van der Waals surface area contributed by atoms with Gasteiger partial charge in [-0.3, -0.25) is 0 Å². The maximum Gasteiger partial charge on any atom is 0.0692 e. The van der Waals surface area contributed by atoms with Gasteiger partial charge in [0.25, 0.3) is 0 Å². The van der Waals surface area contributed by atoms with Gasteiger partial charge in [0, 0.05) is 4.90 Å². The van der Waals surface area contributed by atoms with Crippen molar-refractivity contribution in [3.05, 3.63) is 29.8 Å². The van der Waals surface area contributed by atoms with E-state index in [1.807, 2.05) is 30.5 Å². The smallest absolute Gasteiger partial charge is 0.0692 e. The summed E-state index contributed by atoms with van der Waals surface area (Å²) in [5, 5.41) is 8.84. The Bertz CT molecular complexity index is 192. The van der Waals surface area contributed by atoms with Crippen molar-refractivity contribution < 1.29 is 5.11 Å². The lowest BCUT2D eigenvalue weighted by molar-refractivity contribution is 0.279. The number of benzene rings is 1. The molecule has 1 N–H and O–H groups in total. The zero-order valence-electron chi connectivity index (χ0n) is 6.28. The maximum atomic E-state index is 8.84. The molecule has 0 aliphatic carbocycles. The molecule has 1 aromatic carbocycles. The first kappa shape index (κ1) is 10.8. The summed E-state index contributed by atoms with van der Waals surface area (Å²) in [6, 6.07) is 7.86. The van der Waals surface area contributed by atoms with E-state index in [4.69, 9.17) is 5.11 Å². The van der Waals surface area contributed by atoms with Crippen LogP contribution >= 0.6 is 24.2 Å². The quantitative estimate of drug-likeness (QED) is 0.723. The van der Waals surface area contributed by atoms with Crippen LogP contribution in [-0.4, -0.2) is 11.4 Å². The van der Waals surface area contributed by atoms with Crippen molar-refractivity contribution in [2.75, 3.05) is 6.26 Å². The Kier molecular flexibility index (Phi) is 5.38. The van der Waals surface area contributed by atoms with E-state index in [2.05, 4.69) is 0 Å². The molecule has 0 aliphatic rings. The van der Waals surface area contributed by atoms with Gasteiger partial charge in [-0.05, 0) is 17.9 Å². The van der Waals surface area contributed by atoms with Gasteiger partial charge in [0.1, 0.15) is 0 Å². The molecule has 1 rings (SSSR count). The zero-order valence-corrected chi connectivity index (χ0v) is 7.91. The van der Waals surface area contributed by atoms with E-state index < -0.39 is 0 Å². The van der Waals surface area contributed by atoms with Gasteiger partial charge in [0.2, 0.25) is 0 Å². The molecular weight excluding hydrogens is 180 g/mol.